The number of aliphatic imine (C=N–C) groups is 1. The standard InChI is InChI=1S/C12H20N4S.HI/c1-3-11-15-9(8-17-11)6-7-14-12(13)16(2)10-4-5-10;/h8,10H,3-7H2,1-2H3,(H2,13,14);1H. The van der Waals surface area contributed by atoms with Gasteiger partial charge in [0.05, 0.1) is 10.7 Å². The molecule has 4 nitrogen and oxygen atoms in total. The highest BCUT2D eigenvalue weighted by Crippen LogP contribution is 2.24. The van der Waals surface area contributed by atoms with Gasteiger partial charge in [-0.2, -0.15) is 0 Å². The number of aromatic nitrogens is 1. The molecule has 1 fully saturated rings. The second-order valence-corrected chi connectivity index (χ2v) is 5.36. The minimum atomic E-state index is 0. The third kappa shape index (κ3) is 4.38. The van der Waals surface area contributed by atoms with Crippen LogP contribution in [0.4, 0.5) is 0 Å². The summed E-state index contributed by atoms with van der Waals surface area (Å²) >= 11 is 1.73. The van der Waals surface area contributed by atoms with Gasteiger partial charge in [-0.15, -0.1) is 35.3 Å². The van der Waals surface area contributed by atoms with E-state index in [9.17, 15) is 0 Å². The molecule has 2 N–H and O–H groups in total. The van der Waals surface area contributed by atoms with Crippen LogP contribution in [0.15, 0.2) is 10.4 Å². The summed E-state index contributed by atoms with van der Waals surface area (Å²) in [5, 5.41) is 3.32. The van der Waals surface area contributed by atoms with Gasteiger partial charge in [-0.1, -0.05) is 6.92 Å². The molecule has 1 aliphatic rings. The molecule has 1 aliphatic carbocycles. The van der Waals surface area contributed by atoms with Crippen LogP contribution < -0.4 is 5.73 Å². The van der Waals surface area contributed by atoms with Crippen molar-refractivity contribution in [3.63, 3.8) is 0 Å². The van der Waals surface area contributed by atoms with Crippen LogP contribution in [-0.2, 0) is 12.8 Å². The van der Waals surface area contributed by atoms with Crippen molar-refractivity contribution in [2.45, 2.75) is 38.6 Å². The number of nitrogens with zero attached hydrogens (tertiary/aromatic N) is 3. The Morgan fingerprint density at radius 1 is 1.61 bits per heavy atom. The van der Waals surface area contributed by atoms with Gasteiger partial charge in [0, 0.05) is 31.4 Å². The number of aryl methyl sites for hydroxylation is 1. The van der Waals surface area contributed by atoms with Gasteiger partial charge in [0.2, 0.25) is 0 Å². The maximum Gasteiger partial charge on any atom is 0.191 e. The maximum absolute atomic E-state index is 5.91. The molecule has 2 rings (SSSR count). The fourth-order valence-corrected chi connectivity index (χ4v) is 2.45. The number of thiazole rings is 1. The van der Waals surface area contributed by atoms with E-state index < -0.39 is 0 Å². The SMILES string of the molecule is CCc1nc(CCN=C(N)N(C)C2CC2)cs1.I. The average Bonchev–Trinajstić information content (AvgIpc) is 3.08. The van der Waals surface area contributed by atoms with Crippen molar-refractivity contribution >= 4 is 41.3 Å². The van der Waals surface area contributed by atoms with Crippen LogP contribution in [0.2, 0.25) is 0 Å². The third-order valence-corrected chi connectivity index (χ3v) is 4.04. The van der Waals surface area contributed by atoms with Gasteiger partial charge in [0.15, 0.2) is 5.96 Å². The molecule has 6 heteroatoms. The molecule has 0 saturated heterocycles. The molecule has 102 valence electrons. The van der Waals surface area contributed by atoms with Crippen LogP contribution in [0.5, 0.6) is 0 Å². The summed E-state index contributed by atoms with van der Waals surface area (Å²) in [6.45, 7) is 2.86. The minimum absolute atomic E-state index is 0. The Morgan fingerprint density at radius 2 is 2.33 bits per heavy atom. The zero-order chi connectivity index (χ0) is 12.3. The number of rotatable bonds is 5. The number of hydrogen-bond acceptors (Lipinski definition) is 3. The second-order valence-electron chi connectivity index (χ2n) is 4.42. The molecule has 1 heterocycles. The third-order valence-electron chi connectivity index (χ3n) is 3.00. The van der Waals surface area contributed by atoms with Gasteiger partial charge in [0.1, 0.15) is 0 Å². The van der Waals surface area contributed by atoms with Crippen molar-refractivity contribution in [3.8, 4) is 0 Å². The van der Waals surface area contributed by atoms with Gasteiger partial charge in [-0.25, -0.2) is 4.98 Å². The van der Waals surface area contributed by atoms with Gasteiger partial charge < -0.3 is 10.6 Å². The summed E-state index contributed by atoms with van der Waals surface area (Å²) < 4.78 is 0. The smallest absolute Gasteiger partial charge is 0.191 e. The van der Waals surface area contributed by atoms with E-state index in [1.165, 1.54) is 17.8 Å². The van der Waals surface area contributed by atoms with E-state index in [1.54, 1.807) is 11.3 Å². The van der Waals surface area contributed by atoms with Crippen molar-refractivity contribution in [1.82, 2.24) is 9.88 Å². The summed E-state index contributed by atoms with van der Waals surface area (Å²) in [5.41, 5.74) is 7.05. The molecule has 18 heavy (non-hydrogen) atoms. The summed E-state index contributed by atoms with van der Waals surface area (Å²) in [6.07, 6.45) is 4.40. The Bertz CT molecular complexity index is 401. The first kappa shape index (κ1) is 15.7. The van der Waals surface area contributed by atoms with E-state index in [4.69, 9.17) is 5.73 Å². The fourth-order valence-electron chi connectivity index (χ4n) is 1.67. The zero-order valence-electron chi connectivity index (χ0n) is 10.9. The second kappa shape index (κ2) is 7.28. The first-order chi connectivity index (χ1) is 8.20. The average molecular weight is 380 g/mol. The van der Waals surface area contributed by atoms with E-state index in [2.05, 4.69) is 27.2 Å². The largest absolute Gasteiger partial charge is 0.370 e. The highest BCUT2D eigenvalue weighted by Gasteiger charge is 2.27. The zero-order valence-corrected chi connectivity index (χ0v) is 14.1. The molecular formula is C12H21IN4S. The van der Waals surface area contributed by atoms with Crippen LogP contribution >= 0.6 is 35.3 Å². The van der Waals surface area contributed by atoms with Crippen molar-refractivity contribution in [1.29, 1.82) is 0 Å². The van der Waals surface area contributed by atoms with Gasteiger partial charge in [0.25, 0.3) is 0 Å². The van der Waals surface area contributed by atoms with E-state index in [0.717, 1.165) is 25.1 Å². The van der Waals surface area contributed by atoms with Gasteiger partial charge in [-0.3, -0.25) is 4.99 Å². The number of halogens is 1. The molecule has 1 saturated carbocycles. The van der Waals surface area contributed by atoms with Gasteiger partial charge in [-0.05, 0) is 19.3 Å². The summed E-state index contributed by atoms with van der Waals surface area (Å²) in [4.78, 5) is 11.0. The lowest BCUT2D eigenvalue weighted by atomic mass is 10.3. The minimum Gasteiger partial charge on any atom is -0.370 e. The van der Waals surface area contributed by atoms with Crippen LogP contribution in [0.1, 0.15) is 30.5 Å². The van der Waals surface area contributed by atoms with E-state index in [-0.39, 0.29) is 24.0 Å². The monoisotopic (exact) mass is 380 g/mol. The topological polar surface area (TPSA) is 54.5 Å². The molecular weight excluding hydrogens is 359 g/mol. The van der Waals surface area contributed by atoms with Crippen LogP contribution in [0.3, 0.4) is 0 Å². The lowest BCUT2D eigenvalue weighted by Gasteiger charge is -2.16. The van der Waals surface area contributed by atoms with Crippen molar-refractivity contribution in [3.05, 3.63) is 16.1 Å². The Balaban J connectivity index is 0.00000162. The van der Waals surface area contributed by atoms with E-state index in [1.807, 2.05) is 7.05 Å². The molecule has 1 aromatic heterocycles. The predicted molar refractivity (Wildman–Crippen MR) is 87.9 cm³/mol. The van der Waals surface area contributed by atoms with Crippen molar-refractivity contribution in [2.75, 3.05) is 13.6 Å². The fraction of sp³-hybridized carbons (Fsp3) is 0.667. The Labute approximate surface area is 130 Å². The molecule has 0 radical (unpaired) electrons. The molecule has 0 aromatic carbocycles. The molecule has 0 aliphatic heterocycles. The highest BCUT2D eigenvalue weighted by atomic mass is 127. The highest BCUT2D eigenvalue weighted by molar-refractivity contribution is 14.0. The molecule has 1 aromatic rings. The Kier molecular flexibility index (Phi) is 6.34. The molecule has 0 bridgehead atoms. The molecule has 0 spiro atoms. The van der Waals surface area contributed by atoms with Crippen LogP contribution in [0.25, 0.3) is 0 Å². The quantitative estimate of drug-likeness (QED) is 0.485. The maximum atomic E-state index is 5.91. The van der Waals surface area contributed by atoms with Crippen LogP contribution in [-0.4, -0.2) is 35.5 Å². The van der Waals surface area contributed by atoms with Crippen molar-refractivity contribution in [2.24, 2.45) is 10.7 Å². The summed E-state index contributed by atoms with van der Waals surface area (Å²) in [6, 6.07) is 0.629. The van der Waals surface area contributed by atoms with E-state index in [0.29, 0.717) is 12.0 Å². The number of nitrogens with two attached hydrogens (primary N) is 1. The molecule has 0 unspecified atom stereocenters. The predicted octanol–water partition coefficient (Wildman–Crippen LogP) is 2.27. The normalized spacial score (nSPS) is 15.3. The number of guanidine groups is 1. The van der Waals surface area contributed by atoms with E-state index >= 15 is 0 Å². The molecule has 0 amide bonds. The lowest BCUT2D eigenvalue weighted by Crippen LogP contribution is -2.35. The Hall–Kier alpha value is -0.370. The van der Waals surface area contributed by atoms with Crippen molar-refractivity contribution < 1.29 is 0 Å². The number of hydrogen-bond donors (Lipinski definition) is 1. The lowest BCUT2D eigenvalue weighted by molar-refractivity contribution is 0.487. The van der Waals surface area contributed by atoms with Gasteiger partial charge >= 0.3 is 0 Å². The Morgan fingerprint density at radius 3 is 2.89 bits per heavy atom. The summed E-state index contributed by atoms with van der Waals surface area (Å²) in [5.74, 6) is 0.665. The summed E-state index contributed by atoms with van der Waals surface area (Å²) in [7, 11) is 2.02. The molecule has 0 atom stereocenters. The first-order valence-electron chi connectivity index (χ1n) is 6.16. The van der Waals surface area contributed by atoms with Crippen LogP contribution in [0, 0.1) is 0 Å². The first-order valence-corrected chi connectivity index (χ1v) is 7.04.